The van der Waals surface area contributed by atoms with Crippen LogP contribution < -0.4 is 15.9 Å². The fourth-order valence-electron chi connectivity index (χ4n) is 2.28. The van der Waals surface area contributed by atoms with Gasteiger partial charge in [0.15, 0.2) is 0 Å². The van der Waals surface area contributed by atoms with E-state index in [1.54, 1.807) is 0 Å². The normalized spacial score (nSPS) is 11.4. The number of nitrogens with one attached hydrogen (secondary N) is 1. The Bertz CT molecular complexity index is 510. The second kappa shape index (κ2) is 7.42. The van der Waals surface area contributed by atoms with Gasteiger partial charge >= 0.3 is 0 Å². The zero-order valence-electron chi connectivity index (χ0n) is 12.0. The van der Waals surface area contributed by atoms with Crippen molar-refractivity contribution in [2.45, 2.75) is 13.3 Å². The summed E-state index contributed by atoms with van der Waals surface area (Å²) in [5.41, 5.74) is 0. The van der Waals surface area contributed by atoms with Crippen LogP contribution in [0.25, 0.3) is 0 Å². The summed E-state index contributed by atoms with van der Waals surface area (Å²) >= 11 is 0. The van der Waals surface area contributed by atoms with Crippen LogP contribution in [0.15, 0.2) is 60.7 Å². The third kappa shape index (κ3) is 3.59. The Balaban J connectivity index is 2.27. The van der Waals surface area contributed by atoms with Crippen LogP contribution in [0, 0.1) is 0 Å². The van der Waals surface area contributed by atoms with E-state index in [1.807, 2.05) is 60.7 Å². The number of rotatable bonds is 7. The van der Waals surface area contributed by atoms with E-state index in [9.17, 15) is 4.57 Å². The lowest BCUT2D eigenvalue weighted by atomic mass is 10.4. The van der Waals surface area contributed by atoms with Crippen LogP contribution in [0.2, 0.25) is 0 Å². The molecule has 20 heavy (non-hydrogen) atoms. The average molecular weight is 287 g/mol. The molecule has 1 N–H and O–H groups in total. The van der Waals surface area contributed by atoms with Crippen molar-refractivity contribution in [3.8, 4) is 0 Å². The van der Waals surface area contributed by atoms with Crippen molar-refractivity contribution < 1.29 is 4.57 Å². The first-order chi connectivity index (χ1) is 9.77. The molecule has 0 aliphatic carbocycles. The molecular formula is C17H22NOP. The van der Waals surface area contributed by atoms with Gasteiger partial charge in [0, 0.05) is 23.3 Å². The summed E-state index contributed by atoms with van der Waals surface area (Å²) in [6.45, 7) is 3.90. The van der Waals surface area contributed by atoms with Crippen molar-refractivity contribution in [2.75, 3.05) is 19.3 Å². The summed E-state index contributed by atoms with van der Waals surface area (Å²) < 4.78 is 13.5. The average Bonchev–Trinajstić information content (AvgIpc) is 2.53. The first-order valence-electron chi connectivity index (χ1n) is 7.18. The number of benzene rings is 2. The predicted octanol–water partition coefficient (Wildman–Crippen LogP) is 3.00. The molecule has 3 heteroatoms. The summed E-state index contributed by atoms with van der Waals surface area (Å²) in [4.78, 5) is 0. The van der Waals surface area contributed by atoms with Gasteiger partial charge in [-0.3, -0.25) is 0 Å². The molecule has 106 valence electrons. The molecule has 0 unspecified atom stereocenters. The van der Waals surface area contributed by atoms with Crippen molar-refractivity contribution in [2.24, 2.45) is 0 Å². The second-order valence-electron chi connectivity index (χ2n) is 4.88. The predicted molar refractivity (Wildman–Crippen MR) is 87.8 cm³/mol. The number of hydrogen-bond acceptors (Lipinski definition) is 2. The van der Waals surface area contributed by atoms with Crippen LogP contribution in [0.1, 0.15) is 13.3 Å². The molecule has 2 nitrogen and oxygen atoms in total. The highest BCUT2D eigenvalue weighted by molar-refractivity contribution is 7.78. The van der Waals surface area contributed by atoms with Crippen molar-refractivity contribution in [3.05, 3.63) is 60.7 Å². The van der Waals surface area contributed by atoms with E-state index in [4.69, 9.17) is 0 Å². The van der Waals surface area contributed by atoms with Crippen molar-refractivity contribution in [1.82, 2.24) is 5.32 Å². The van der Waals surface area contributed by atoms with Crippen LogP contribution in [0.5, 0.6) is 0 Å². The lowest BCUT2D eigenvalue weighted by Gasteiger charge is -2.19. The molecule has 0 radical (unpaired) electrons. The van der Waals surface area contributed by atoms with Gasteiger partial charge in [0.2, 0.25) is 0 Å². The Morgan fingerprint density at radius 1 is 0.850 bits per heavy atom. The van der Waals surface area contributed by atoms with E-state index in [-0.39, 0.29) is 0 Å². The van der Waals surface area contributed by atoms with Crippen LogP contribution >= 0.6 is 7.14 Å². The Labute approximate surface area is 121 Å². The molecule has 0 bridgehead atoms. The van der Waals surface area contributed by atoms with Gasteiger partial charge < -0.3 is 9.88 Å². The summed E-state index contributed by atoms with van der Waals surface area (Å²) in [6.07, 6.45) is 1.77. The molecule has 0 amide bonds. The smallest absolute Gasteiger partial charge is 0.144 e. The van der Waals surface area contributed by atoms with E-state index in [0.717, 1.165) is 30.1 Å². The highest BCUT2D eigenvalue weighted by atomic mass is 31.2. The minimum atomic E-state index is -2.53. The topological polar surface area (TPSA) is 29.1 Å². The SMILES string of the molecule is CCCNCCP(=O)(c1ccccc1)c1ccccc1. The van der Waals surface area contributed by atoms with Gasteiger partial charge in [-0.1, -0.05) is 67.6 Å². The third-order valence-electron chi connectivity index (χ3n) is 3.38. The van der Waals surface area contributed by atoms with Gasteiger partial charge in [0.25, 0.3) is 0 Å². The van der Waals surface area contributed by atoms with Gasteiger partial charge in [0.1, 0.15) is 7.14 Å². The molecule has 2 aromatic rings. The van der Waals surface area contributed by atoms with E-state index < -0.39 is 7.14 Å². The lowest BCUT2D eigenvalue weighted by Crippen LogP contribution is -2.26. The first-order valence-corrected chi connectivity index (χ1v) is 9.07. The number of hydrogen-bond donors (Lipinski definition) is 1. The standard InChI is InChI=1S/C17H22NOP/c1-2-13-18-14-15-20(19,16-9-5-3-6-10-16)17-11-7-4-8-12-17/h3-12,18H,2,13-15H2,1H3. The monoisotopic (exact) mass is 287 g/mol. The van der Waals surface area contributed by atoms with E-state index in [1.165, 1.54) is 0 Å². The van der Waals surface area contributed by atoms with Gasteiger partial charge in [-0.25, -0.2) is 0 Å². The summed E-state index contributed by atoms with van der Waals surface area (Å²) in [7, 11) is -2.53. The molecule has 0 saturated carbocycles. The Kier molecular flexibility index (Phi) is 5.58. The molecule has 0 saturated heterocycles. The molecular weight excluding hydrogens is 265 g/mol. The zero-order chi connectivity index (χ0) is 14.3. The van der Waals surface area contributed by atoms with E-state index >= 15 is 0 Å². The minimum absolute atomic E-state index is 0.668. The summed E-state index contributed by atoms with van der Waals surface area (Å²) in [5, 5.41) is 5.26. The highest BCUT2D eigenvalue weighted by Gasteiger charge is 2.26. The fourth-order valence-corrected chi connectivity index (χ4v) is 4.88. The lowest BCUT2D eigenvalue weighted by molar-refractivity contribution is 0.583. The van der Waals surface area contributed by atoms with E-state index in [2.05, 4.69) is 12.2 Å². The van der Waals surface area contributed by atoms with Crippen LogP contribution in [0.3, 0.4) is 0 Å². The molecule has 2 rings (SSSR count). The van der Waals surface area contributed by atoms with E-state index in [0.29, 0.717) is 6.16 Å². The zero-order valence-corrected chi connectivity index (χ0v) is 12.9. The molecule has 0 aliphatic heterocycles. The maximum absolute atomic E-state index is 13.5. The quantitative estimate of drug-likeness (QED) is 0.626. The third-order valence-corrected chi connectivity index (χ3v) is 6.49. The minimum Gasteiger partial charge on any atom is -0.316 e. The van der Waals surface area contributed by atoms with Crippen LogP contribution in [-0.4, -0.2) is 19.3 Å². The molecule has 0 aliphatic rings. The maximum atomic E-state index is 13.5. The molecule has 0 heterocycles. The molecule has 0 spiro atoms. The Morgan fingerprint density at radius 2 is 1.35 bits per heavy atom. The highest BCUT2D eigenvalue weighted by Crippen LogP contribution is 2.42. The van der Waals surface area contributed by atoms with Gasteiger partial charge in [-0.2, -0.15) is 0 Å². The Morgan fingerprint density at radius 3 is 1.80 bits per heavy atom. The maximum Gasteiger partial charge on any atom is 0.144 e. The second-order valence-corrected chi connectivity index (χ2v) is 7.84. The van der Waals surface area contributed by atoms with Crippen molar-refractivity contribution >= 4 is 17.8 Å². The first kappa shape index (κ1) is 15.0. The molecule has 0 aromatic heterocycles. The van der Waals surface area contributed by atoms with Gasteiger partial charge in [0.05, 0.1) is 0 Å². The summed E-state index contributed by atoms with van der Waals surface area (Å²) in [6, 6.07) is 19.7. The van der Waals surface area contributed by atoms with Gasteiger partial charge in [-0.15, -0.1) is 0 Å². The summed E-state index contributed by atoms with van der Waals surface area (Å²) in [5.74, 6) is 0. The fraction of sp³-hybridized carbons (Fsp3) is 0.294. The molecule has 2 aromatic carbocycles. The molecule has 0 atom stereocenters. The van der Waals surface area contributed by atoms with Gasteiger partial charge in [-0.05, 0) is 13.0 Å². The largest absolute Gasteiger partial charge is 0.316 e. The molecule has 0 fully saturated rings. The Hall–Kier alpha value is -1.37. The van der Waals surface area contributed by atoms with Crippen molar-refractivity contribution in [3.63, 3.8) is 0 Å². The van der Waals surface area contributed by atoms with Crippen LogP contribution in [0.4, 0.5) is 0 Å². The van der Waals surface area contributed by atoms with Crippen LogP contribution in [-0.2, 0) is 4.57 Å². The van der Waals surface area contributed by atoms with Crippen molar-refractivity contribution in [1.29, 1.82) is 0 Å².